The number of carboxylic acid groups (broad SMARTS) is 1. The molecule has 0 bridgehead atoms. The summed E-state index contributed by atoms with van der Waals surface area (Å²) in [6.07, 6.45) is 0. The SMILES string of the molecule is COc1ccc(NC(=O)C(N)c2cccs2)c(C(=O)O)c1. The van der Waals surface area contributed by atoms with Gasteiger partial charge in [-0.1, -0.05) is 6.07 Å². The molecule has 0 aliphatic carbocycles. The molecule has 1 atom stereocenters. The second-order valence-electron chi connectivity index (χ2n) is 4.20. The molecule has 0 saturated carbocycles. The number of rotatable bonds is 5. The summed E-state index contributed by atoms with van der Waals surface area (Å²) in [7, 11) is 1.44. The molecule has 2 rings (SSSR count). The van der Waals surface area contributed by atoms with Crippen LogP contribution in [0.2, 0.25) is 0 Å². The number of amides is 1. The van der Waals surface area contributed by atoms with Crippen molar-refractivity contribution in [2.45, 2.75) is 6.04 Å². The largest absolute Gasteiger partial charge is 0.497 e. The molecular formula is C14H14N2O4S. The number of carbonyl (C=O) groups is 2. The van der Waals surface area contributed by atoms with E-state index in [1.807, 2.05) is 5.38 Å². The van der Waals surface area contributed by atoms with E-state index in [9.17, 15) is 14.7 Å². The molecule has 1 amide bonds. The van der Waals surface area contributed by atoms with E-state index in [1.54, 1.807) is 18.2 Å². The molecule has 7 heteroatoms. The quantitative estimate of drug-likeness (QED) is 0.785. The van der Waals surface area contributed by atoms with Gasteiger partial charge in [-0.05, 0) is 29.6 Å². The van der Waals surface area contributed by atoms with Crippen LogP contribution in [0.5, 0.6) is 5.75 Å². The molecule has 1 unspecified atom stereocenters. The van der Waals surface area contributed by atoms with Gasteiger partial charge in [-0.25, -0.2) is 4.79 Å². The van der Waals surface area contributed by atoms with E-state index in [2.05, 4.69) is 5.32 Å². The van der Waals surface area contributed by atoms with Gasteiger partial charge >= 0.3 is 5.97 Å². The predicted octanol–water partition coefficient (Wildman–Crippen LogP) is 2.09. The van der Waals surface area contributed by atoms with Crippen LogP contribution in [-0.4, -0.2) is 24.1 Å². The highest BCUT2D eigenvalue weighted by atomic mass is 32.1. The van der Waals surface area contributed by atoms with Gasteiger partial charge in [0.15, 0.2) is 0 Å². The first-order valence-electron chi connectivity index (χ1n) is 6.04. The van der Waals surface area contributed by atoms with Crippen molar-refractivity contribution in [1.82, 2.24) is 0 Å². The Kier molecular flexibility index (Phi) is 4.56. The van der Waals surface area contributed by atoms with Gasteiger partial charge in [0.25, 0.3) is 0 Å². The van der Waals surface area contributed by atoms with E-state index in [1.165, 1.54) is 30.6 Å². The number of nitrogens with one attached hydrogen (secondary N) is 1. The van der Waals surface area contributed by atoms with E-state index < -0.39 is 17.9 Å². The fraction of sp³-hybridized carbons (Fsp3) is 0.143. The van der Waals surface area contributed by atoms with Crippen LogP contribution in [0.4, 0.5) is 5.69 Å². The van der Waals surface area contributed by atoms with Gasteiger partial charge in [-0.2, -0.15) is 0 Å². The molecule has 0 spiro atoms. The van der Waals surface area contributed by atoms with Crippen molar-refractivity contribution in [2.75, 3.05) is 12.4 Å². The zero-order valence-corrected chi connectivity index (χ0v) is 12.0. The lowest BCUT2D eigenvalue weighted by Crippen LogP contribution is -2.27. The summed E-state index contributed by atoms with van der Waals surface area (Å²) in [6.45, 7) is 0. The highest BCUT2D eigenvalue weighted by Crippen LogP contribution is 2.24. The van der Waals surface area contributed by atoms with Crippen molar-refractivity contribution in [2.24, 2.45) is 5.73 Å². The summed E-state index contributed by atoms with van der Waals surface area (Å²) in [6, 6.07) is 7.09. The molecule has 1 aromatic carbocycles. The number of carbonyl (C=O) groups excluding carboxylic acids is 1. The Morgan fingerprint density at radius 2 is 2.14 bits per heavy atom. The molecule has 0 saturated heterocycles. The van der Waals surface area contributed by atoms with Crippen LogP contribution in [-0.2, 0) is 4.79 Å². The van der Waals surface area contributed by atoms with E-state index >= 15 is 0 Å². The van der Waals surface area contributed by atoms with Gasteiger partial charge in [0, 0.05) is 4.88 Å². The second kappa shape index (κ2) is 6.38. The molecule has 110 valence electrons. The summed E-state index contributed by atoms with van der Waals surface area (Å²) >= 11 is 1.36. The Hall–Kier alpha value is -2.38. The Morgan fingerprint density at radius 1 is 1.38 bits per heavy atom. The highest BCUT2D eigenvalue weighted by molar-refractivity contribution is 7.10. The van der Waals surface area contributed by atoms with Gasteiger partial charge < -0.3 is 20.9 Å². The van der Waals surface area contributed by atoms with Gasteiger partial charge in [-0.15, -0.1) is 11.3 Å². The lowest BCUT2D eigenvalue weighted by molar-refractivity contribution is -0.117. The molecule has 1 heterocycles. The molecule has 0 aliphatic rings. The number of hydrogen-bond donors (Lipinski definition) is 3. The van der Waals surface area contributed by atoms with Crippen LogP contribution >= 0.6 is 11.3 Å². The average Bonchev–Trinajstić information content (AvgIpc) is 3.00. The number of thiophene rings is 1. The van der Waals surface area contributed by atoms with Crippen LogP contribution in [0.15, 0.2) is 35.7 Å². The number of ether oxygens (including phenoxy) is 1. The molecular weight excluding hydrogens is 292 g/mol. The Bertz CT molecular complexity index is 655. The van der Waals surface area contributed by atoms with Crippen molar-refractivity contribution in [3.8, 4) is 5.75 Å². The minimum atomic E-state index is -1.16. The van der Waals surface area contributed by atoms with Crippen LogP contribution in [0.25, 0.3) is 0 Å². The topological polar surface area (TPSA) is 102 Å². The van der Waals surface area contributed by atoms with Crippen molar-refractivity contribution in [1.29, 1.82) is 0 Å². The molecule has 0 radical (unpaired) electrons. The van der Waals surface area contributed by atoms with E-state index in [0.29, 0.717) is 10.6 Å². The third-order valence-corrected chi connectivity index (χ3v) is 3.80. The highest BCUT2D eigenvalue weighted by Gasteiger charge is 2.20. The smallest absolute Gasteiger partial charge is 0.337 e. The standard InChI is InChI=1S/C14H14N2O4S/c1-20-8-4-5-10(9(7-8)14(18)19)16-13(17)12(15)11-3-2-6-21-11/h2-7,12H,15H2,1H3,(H,16,17)(H,18,19). The zero-order valence-electron chi connectivity index (χ0n) is 11.2. The summed E-state index contributed by atoms with van der Waals surface area (Å²) in [4.78, 5) is 24.0. The third kappa shape index (κ3) is 3.39. The Balaban J connectivity index is 2.23. The number of anilines is 1. The summed E-state index contributed by atoms with van der Waals surface area (Å²) in [5, 5.41) is 13.5. The maximum atomic E-state index is 12.1. The maximum absolute atomic E-state index is 12.1. The minimum Gasteiger partial charge on any atom is -0.497 e. The lowest BCUT2D eigenvalue weighted by atomic mass is 10.1. The summed E-state index contributed by atoms with van der Waals surface area (Å²) in [5.74, 6) is -1.23. The number of methoxy groups -OCH3 is 1. The summed E-state index contributed by atoms with van der Waals surface area (Å²) < 4.78 is 4.97. The van der Waals surface area contributed by atoms with Crippen LogP contribution < -0.4 is 15.8 Å². The molecule has 0 fully saturated rings. The van der Waals surface area contributed by atoms with Gasteiger partial charge in [0.1, 0.15) is 11.8 Å². The molecule has 4 N–H and O–H groups in total. The maximum Gasteiger partial charge on any atom is 0.337 e. The molecule has 0 aliphatic heterocycles. The third-order valence-electron chi connectivity index (χ3n) is 2.85. The fourth-order valence-electron chi connectivity index (χ4n) is 1.74. The Labute approximate surface area is 125 Å². The first-order chi connectivity index (χ1) is 10.0. The predicted molar refractivity (Wildman–Crippen MR) is 79.8 cm³/mol. The van der Waals surface area contributed by atoms with Gasteiger partial charge in [-0.3, -0.25) is 4.79 Å². The molecule has 1 aromatic heterocycles. The van der Waals surface area contributed by atoms with Crippen molar-refractivity contribution >= 4 is 28.9 Å². The van der Waals surface area contributed by atoms with Gasteiger partial charge in [0.05, 0.1) is 18.4 Å². The van der Waals surface area contributed by atoms with Crippen molar-refractivity contribution < 1.29 is 19.4 Å². The van der Waals surface area contributed by atoms with Crippen molar-refractivity contribution in [3.05, 3.63) is 46.2 Å². The van der Waals surface area contributed by atoms with E-state index in [-0.39, 0.29) is 11.3 Å². The second-order valence-corrected chi connectivity index (χ2v) is 5.18. The minimum absolute atomic E-state index is 0.0546. The number of carboxylic acids is 1. The van der Waals surface area contributed by atoms with E-state index in [4.69, 9.17) is 10.5 Å². The average molecular weight is 306 g/mol. The van der Waals surface area contributed by atoms with Crippen LogP contribution in [0, 0.1) is 0 Å². The number of hydrogen-bond acceptors (Lipinski definition) is 5. The van der Waals surface area contributed by atoms with Crippen LogP contribution in [0.3, 0.4) is 0 Å². The molecule has 2 aromatic rings. The number of nitrogens with two attached hydrogens (primary N) is 1. The molecule has 21 heavy (non-hydrogen) atoms. The van der Waals surface area contributed by atoms with Crippen LogP contribution in [0.1, 0.15) is 21.3 Å². The normalized spacial score (nSPS) is 11.7. The zero-order chi connectivity index (χ0) is 15.4. The number of aromatic carboxylic acids is 1. The van der Waals surface area contributed by atoms with Crippen molar-refractivity contribution in [3.63, 3.8) is 0 Å². The summed E-state index contributed by atoms with van der Waals surface area (Å²) in [5.41, 5.74) is 5.97. The first-order valence-corrected chi connectivity index (χ1v) is 6.92. The van der Waals surface area contributed by atoms with Gasteiger partial charge in [0.2, 0.25) is 5.91 Å². The monoisotopic (exact) mass is 306 g/mol. The molecule has 6 nitrogen and oxygen atoms in total. The first kappa shape index (κ1) is 15.0. The lowest BCUT2D eigenvalue weighted by Gasteiger charge is -2.13. The van der Waals surface area contributed by atoms with E-state index in [0.717, 1.165) is 0 Å². The fourth-order valence-corrected chi connectivity index (χ4v) is 2.47. The number of benzene rings is 1. The Morgan fingerprint density at radius 3 is 2.71 bits per heavy atom.